The van der Waals surface area contributed by atoms with Gasteiger partial charge in [0.25, 0.3) is 0 Å². The van der Waals surface area contributed by atoms with Crippen LogP contribution in [0, 0.1) is 0 Å². The lowest BCUT2D eigenvalue weighted by atomic mass is 10.5. The maximum atomic E-state index is 4.86. The summed E-state index contributed by atoms with van der Waals surface area (Å²) in [5.41, 5.74) is 0. The number of aliphatic imine (C=N–C) groups is 1. The Balaban J connectivity index is 2.79. The number of methoxy groups -OCH3 is 1. The highest BCUT2D eigenvalue weighted by Gasteiger charge is 1.89. The van der Waals surface area contributed by atoms with Crippen molar-refractivity contribution in [1.82, 2.24) is 4.98 Å². The summed E-state index contributed by atoms with van der Waals surface area (Å²) in [5, 5.41) is 0. The quantitative estimate of drug-likeness (QED) is 0.451. The van der Waals surface area contributed by atoms with Gasteiger partial charge in [0.05, 0.1) is 7.11 Å². The average molecular weight is 150 g/mol. The van der Waals surface area contributed by atoms with Crippen LogP contribution in [0.2, 0.25) is 0 Å². The van der Waals surface area contributed by atoms with E-state index in [0.29, 0.717) is 11.7 Å². The van der Waals surface area contributed by atoms with Crippen LogP contribution in [0.4, 0.5) is 5.82 Å². The van der Waals surface area contributed by atoms with Crippen molar-refractivity contribution in [2.45, 2.75) is 6.92 Å². The third-order valence-corrected chi connectivity index (χ3v) is 1.22. The molecule has 0 spiro atoms. The average Bonchev–Trinajstić information content (AvgIpc) is 2.06. The summed E-state index contributed by atoms with van der Waals surface area (Å²) in [4.78, 5) is 8.06. The molecule has 1 aromatic heterocycles. The highest BCUT2D eigenvalue weighted by atomic mass is 16.5. The van der Waals surface area contributed by atoms with Crippen LogP contribution in [0.3, 0.4) is 0 Å². The molecule has 0 fully saturated rings. The van der Waals surface area contributed by atoms with E-state index in [-0.39, 0.29) is 0 Å². The Morgan fingerprint density at radius 1 is 1.55 bits per heavy atom. The van der Waals surface area contributed by atoms with Crippen LogP contribution in [0.1, 0.15) is 6.92 Å². The zero-order chi connectivity index (χ0) is 8.10. The molecule has 3 heteroatoms. The van der Waals surface area contributed by atoms with Crippen molar-refractivity contribution in [3.05, 3.63) is 24.4 Å². The van der Waals surface area contributed by atoms with Gasteiger partial charge in [0.15, 0.2) is 11.7 Å². The van der Waals surface area contributed by atoms with Crippen LogP contribution >= 0.6 is 0 Å². The lowest BCUT2D eigenvalue weighted by molar-refractivity contribution is 0.400. The smallest absolute Gasteiger partial charge is 0.186 e. The normalized spacial score (nSPS) is 11.3. The predicted octanol–water partition coefficient (Wildman–Crippen LogP) is 1.78. The first-order chi connectivity index (χ1) is 5.33. The number of hydrogen-bond donors (Lipinski definition) is 0. The highest BCUT2D eigenvalue weighted by molar-refractivity contribution is 5.75. The number of ether oxygens (including phenoxy) is 1. The number of rotatable bonds is 1. The molecule has 58 valence electrons. The van der Waals surface area contributed by atoms with Crippen LogP contribution < -0.4 is 0 Å². The van der Waals surface area contributed by atoms with Crippen molar-refractivity contribution < 1.29 is 4.74 Å². The number of nitrogens with zero attached hydrogens (tertiary/aromatic N) is 2. The minimum absolute atomic E-state index is 0.615. The summed E-state index contributed by atoms with van der Waals surface area (Å²) < 4.78 is 4.86. The van der Waals surface area contributed by atoms with E-state index in [1.54, 1.807) is 20.2 Å². The lowest BCUT2D eigenvalue weighted by Gasteiger charge is -1.95. The van der Waals surface area contributed by atoms with Gasteiger partial charge in [-0.2, -0.15) is 4.99 Å². The van der Waals surface area contributed by atoms with Crippen molar-refractivity contribution in [3.63, 3.8) is 0 Å². The summed E-state index contributed by atoms with van der Waals surface area (Å²) in [7, 11) is 1.59. The number of aromatic nitrogens is 1. The molecule has 0 aliphatic heterocycles. The number of hydrogen-bond acceptors (Lipinski definition) is 3. The summed E-state index contributed by atoms with van der Waals surface area (Å²) in [6, 6.07) is 5.55. The van der Waals surface area contributed by atoms with E-state index in [4.69, 9.17) is 4.74 Å². The van der Waals surface area contributed by atoms with Crippen molar-refractivity contribution in [1.29, 1.82) is 0 Å². The fourth-order valence-electron chi connectivity index (χ4n) is 0.627. The Bertz CT molecular complexity index is 244. The van der Waals surface area contributed by atoms with Crippen LogP contribution in [-0.2, 0) is 4.74 Å². The SMILES string of the molecule is COC(C)=Nc1ccccn1. The third-order valence-electron chi connectivity index (χ3n) is 1.22. The molecular weight excluding hydrogens is 140 g/mol. The molecule has 0 saturated heterocycles. The minimum Gasteiger partial charge on any atom is -0.484 e. The third kappa shape index (κ3) is 2.37. The maximum absolute atomic E-state index is 4.86. The van der Waals surface area contributed by atoms with Gasteiger partial charge in [0.2, 0.25) is 0 Å². The van der Waals surface area contributed by atoms with Gasteiger partial charge in [-0.05, 0) is 12.1 Å². The maximum Gasteiger partial charge on any atom is 0.186 e. The van der Waals surface area contributed by atoms with Gasteiger partial charge in [-0.1, -0.05) is 6.07 Å². The zero-order valence-corrected chi connectivity index (χ0v) is 6.61. The van der Waals surface area contributed by atoms with Gasteiger partial charge in [-0.25, -0.2) is 4.98 Å². The van der Waals surface area contributed by atoms with Gasteiger partial charge < -0.3 is 4.74 Å². The van der Waals surface area contributed by atoms with E-state index in [1.165, 1.54) is 0 Å². The van der Waals surface area contributed by atoms with Crippen molar-refractivity contribution in [3.8, 4) is 0 Å². The van der Waals surface area contributed by atoms with Crippen LogP contribution in [-0.4, -0.2) is 18.0 Å². The molecule has 0 bridgehead atoms. The van der Waals surface area contributed by atoms with Crippen LogP contribution in [0.25, 0.3) is 0 Å². The van der Waals surface area contributed by atoms with E-state index in [2.05, 4.69) is 9.98 Å². The fraction of sp³-hybridized carbons (Fsp3) is 0.250. The molecule has 0 aromatic carbocycles. The molecule has 0 aliphatic carbocycles. The molecule has 0 atom stereocenters. The van der Waals surface area contributed by atoms with E-state index in [9.17, 15) is 0 Å². The van der Waals surface area contributed by atoms with Crippen LogP contribution in [0.5, 0.6) is 0 Å². The first kappa shape index (κ1) is 7.72. The first-order valence-electron chi connectivity index (χ1n) is 3.33. The topological polar surface area (TPSA) is 34.5 Å². The van der Waals surface area contributed by atoms with Crippen molar-refractivity contribution in [2.75, 3.05) is 7.11 Å². The van der Waals surface area contributed by atoms with Crippen molar-refractivity contribution >= 4 is 11.7 Å². The summed E-state index contributed by atoms with van der Waals surface area (Å²) in [6.07, 6.45) is 1.70. The predicted molar refractivity (Wildman–Crippen MR) is 44.0 cm³/mol. The van der Waals surface area contributed by atoms with E-state index in [1.807, 2.05) is 18.2 Å². The Labute approximate surface area is 65.8 Å². The molecule has 0 unspecified atom stereocenters. The van der Waals surface area contributed by atoms with Crippen molar-refractivity contribution in [2.24, 2.45) is 4.99 Å². The monoisotopic (exact) mass is 150 g/mol. The first-order valence-corrected chi connectivity index (χ1v) is 3.33. The number of pyridine rings is 1. The van der Waals surface area contributed by atoms with Gasteiger partial charge in [0.1, 0.15) is 0 Å². The Hall–Kier alpha value is -1.38. The Morgan fingerprint density at radius 3 is 2.91 bits per heavy atom. The molecule has 1 heterocycles. The second kappa shape index (κ2) is 3.71. The van der Waals surface area contributed by atoms with Crippen LogP contribution in [0.15, 0.2) is 29.4 Å². The molecule has 1 aromatic rings. The molecular formula is C8H10N2O. The summed E-state index contributed by atoms with van der Waals surface area (Å²) in [6.45, 7) is 1.79. The molecule has 0 aliphatic rings. The molecule has 11 heavy (non-hydrogen) atoms. The summed E-state index contributed by atoms with van der Waals surface area (Å²) >= 11 is 0. The molecule has 0 N–H and O–H groups in total. The molecule has 3 nitrogen and oxygen atoms in total. The van der Waals surface area contributed by atoms with Gasteiger partial charge in [-0.15, -0.1) is 0 Å². The van der Waals surface area contributed by atoms with Gasteiger partial charge in [-0.3, -0.25) is 0 Å². The van der Waals surface area contributed by atoms with E-state index in [0.717, 1.165) is 0 Å². The largest absolute Gasteiger partial charge is 0.484 e. The van der Waals surface area contributed by atoms with E-state index >= 15 is 0 Å². The zero-order valence-electron chi connectivity index (χ0n) is 6.61. The second-order valence-electron chi connectivity index (χ2n) is 2.02. The fourth-order valence-corrected chi connectivity index (χ4v) is 0.627. The van der Waals surface area contributed by atoms with Gasteiger partial charge in [0, 0.05) is 13.1 Å². The lowest BCUT2D eigenvalue weighted by Crippen LogP contribution is -1.92. The Morgan fingerprint density at radius 2 is 2.36 bits per heavy atom. The Kier molecular flexibility index (Phi) is 2.60. The molecule has 0 radical (unpaired) electrons. The minimum atomic E-state index is 0.615. The highest BCUT2D eigenvalue weighted by Crippen LogP contribution is 2.04. The van der Waals surface area contributed by atoms with E-state index < -0.39 is 0 Å². The summed E-state index contributed by atoms with van der Waals surface area (Å²) in [5.74, 6) is 1.29. The van der Waals surface area contributed by atoms with Gasteiger partial charge >= 0.3 is 0 Å². The molecule has 0 amide bonds. The second-order valence-corrected chi connectivity index (χ2v) is 2.02. The molecule has 0 saturated carbocycles. The molecule has 1 rings (SSSR count). The standard InChI is InChI=1S/C8H10N2O/c1-7(11-2)10-8-5-3-4-6-9-8/h3-6H,1-2H3.